The standard InChI is InChI=1S/C22H27N3O3S/c1-29(27,28)24-20-12-9-18(10-13-20)11-14-22(26)23-21-8-5-15-25(17-21)16-19-6-3-2-4-7-19/h2-4,6-7,9-14,21,24H,5,8,15-17H2,1H3,(H,23,26)/b14-11-/t21-/m0/s1. The maximum absolute atomic E-state index is 12.3. The zero-order chi connectivity index (χ0) is 20.7. The molecule has 3 rings (SSSR count). The van der Waals surface area contributed by atoms with Crippen LogP contribution in [-0.2, 0) is 21.4 Å². The van der Waals surface area contributed by atoms with Gasteiger partial charge < -0.3 is 5.32 Å². The van der Waals surface area contributed by atoms with Gasteiger partial charge in [0, 0.05) is 30.9 Å². The van der Waals surface area contributed by atoms with Crippen LogP contribution in [0.15, 0.2) is 60.7 Å². The van der Waals surface area contributed by atoms with E-state index >= 15 is 0 Å². The number of benzene rings is 2. The number of amides is 1. The summed E-state index contributed by atoms with van der Waals surface area (Å²) >= 11 is 0. The Morgan fingerprint density at radius 1 is 1.14 bits per heavy atom. The Kier molecular flexibility index (Phi) is 7.06. The molecule has 0 aromatic heterocycles. The molecule has 0 spiro atoms. The van der Waals surface area contributed by atoms with E-state index in [1.165, 1.54) is 11.6 Å². The van der Waals surface area contributed by atoms with Gasteiger partial charge in [-0.15, -0.1) is 0 Å². The summed E-state index contributed by atoms with van der Waals surface area (Å²) in [5.74, 6) is -0.116. The molecule has 1 saturated heterocycles. The minimum absolute atomic E-state index is 0.116. The first kappa shape index (κ1) is 21.1. The fourth-order valence-corrected chi connectivity index (χ4v) is 4.02. The number of rotatable bonds is 7. The van der Waals surface area contributed by atoms with E-state index in [1.807, 2.05) is 18.2 Å². The Morgan fingerprint density at radius 2 is 1.86 bits per heavy atom. The lowest BCUT2D eigenvalue weighted by Crippen LogP contribution is -2.46. The quantitative estimate of drug-likeness (QED) is 0.684. The van der Waals surface area contributed by atoms with Crippen molar-refractivity contribution in [3.05, 3.63) is 71.8 Å². The molecule has 2 aromatic rings. The van der Waals surface area contributed by atoms with Crippen molar-refractivity contribution in [3.8, 4) is 0 Å². The van der Waals surface area contributed by atoms with Gasteiger partial charge in [-0.05, 0) is 48.7 Å². The first-order valence-corrected chi connectivity index (χ1v) is 11.6. The lowest BCUT2D eigenvalue weighted by Gasteiger charge is -2.33. The van der Waals surface area contributed by atoms with E-state index in [-0.39, 0.29) is 11.9 Å². The van der Waals surface area contributed by atoms with Gasteiger partial charge in [0.15, 0.2) is 0 Å². The van der Waals surface area contributed by atoms with Crippen LogP contribution in [0.2, 0.25) is 0 Å². The molecule has 29 heavy (non-hydrogen) atoms. The lowest BCUT2D eigenvalue weighted by atomic mass is 10.0. The van der Waals surface area contributed by atoms with Gasteiger partial charge in [-0.3, -0.25) is 14.4 Å². The molecule has 1 atom stereocenters. The highest BCUT2D eigenvalue weighted by Crippen LogP contribution is 2.14. The molecule has 0 bridgehead atoms. The van der Waals surface area contributed by atoms with Crippen molar-refractivity contribution in [3.63, 3.8) is 0 Å². The topological polar surface area (TPSA) is 78.5 Å². The average molecular weight is 414 g/mol. The highest BCUT2D eigenvalue weighted by Gasteiger charge is 2.20. The third kappa shape index (κ3) is 7.36. The molecule has 2 N–H and O–H groups in total. The van der Waals surface area contributed by atoms with Gasteiger partial charge in [-0.1, -0.05) is 42.5 Å². The first-order valence-electron chi connectivity index (χ1n) is 9.70. The number of piperidine rings is 1. The van der Waals surface area contributed by atoms with E-state index in [0.717, 1.165) is 44.3 Å². The van der Waals surface area contributed by atoms with E-state index in [2.05, 4.69) is 27.1 Å². The Hall–Kier alpha value is -2.64. The van der Waals surface area contributed by atoms with E-state index in [9.17, 15) is 13.2 Å². The zero-order valence-corrected chi connectivity index (χ0v) is 17.4. The lowest BCUT2D eigenvalue weighted by molar-refractivity contribution is -0.117. The van der Waals surface area contributed by atoms with E-state index in [0.29, 0.717) is 5.69 Å². The van der Waals surface area contributed by atoms with Crippen LogP contribution in [0.5, 0.6) is 0 Å². The van der Waals surface area contributed by atoms with Crippen LogP contribution < -0.4 is 10.0 Å². The molecule has 0 saturated carbocycles. The second-order valence-electron chi connectivity index (χ2n) is 7.40. The van der Waals surface area contributed by atoms with Crippen LogP contribution in [0.4, 0.5) is 5.69 Å². The molecule has 0 radical (unpaired) electrons. The Bertz CT molecular complexity index is 941. The highest BCUT2D eigenvalue weighted by molar-refractivity contribution is 7.92. The molecule has 0 aliphatic carbocycles. The van der Waals surface area contributed by atoms with Crippen LogP contribution in [-0.4, -0.2) is 44.6 Å². The van der Waals surface area contributed by atoms with Gasteiger partial charge >= 0.3 is 0 Å². The summed E-state index contributed by atoms with van der Waals surface area (Å²) in [6, 6.07) is 17.4. The number of carbonyl (C=O) groups excluding carboxylic acids is 1. The van der Waals surface area contributed by atoms with Gasteiger partial charge in [0.2, 0.25) is 15.9 Å². The fraction of sp³-hybridized carbons (Fsp3) is 0.318. The van der Waals surface area contributed by atoms with Crippen LogP contribution >= 0.6 is 0 Å². The SMILES string of the molecule is CS(=O)(=O)Nc1ccc(/C=C\C(=O)N[C@H]2CCCN(Cc3ccccc3)C2)cc1. The Balaban J connectivity index is 1.49. The molecule has 1 fully saturated rings. The summed E-state index contributed by atoms with van der Waals surface area (Å²) in [6.45, 7) is 2.79. The minimum Gasteiger partial charge on any atom is -0.349 e. The summed E-state index contributed by atoms with van der Waals surface area (Å²) in [5, 5.41) is 3.09. The monoisotopic (exact) mass is 413 g/mol. The summed E-state index contributed by atoms with van der Waals surface area (Å²) in [4.78, 5) is 14.7. The summed E-state index contributed by atoms with van der Waals surface area (Å²) in [7, 11) is -3.29. The smallest absolute Gasteiger partial charge is 0.244 e. The third-order valence-corrected chi connectivity index (χ3v) is 5.35. The first-order chi connectivity index (χ1) is 13.9. The van der Waals surface area contributed by atoms with Crippen LogP contribution in [0.3, 0.4) is 0 Å². The molecule has 154 valence electrons. The fourth-order valence-electron chi connectivity index (χ4n) is 3.46. The number of hydrogen-bond donors (Lipinski definition) is 2. The molecular formula is C22H27N3O3S. The molecule has 0 unspecified atom stereocenters. The van der Waals surface area contributed by atoms with Crippen molar-refractivity contribution in [1.82, 2.24) is 10.2 Å². The summed E-state index contributed by atoms with van der Waals surface area (Å²) < 4.78 is 24.9. The molecule has 1 aliphatic heterocycles. The number of nitrogens with zero attached hydrogens (tertiary/aromatic N) is 1. The molecular weight excluding hydrogens is 386 g/mol. The predicted octanol–water partition coefficient (Wildman–Crippen LogP) is 2.85. The van der Waals surface area contributed by atoms with Crippen molar-refractivity contribution in [1.29, 1.82) is 0 Å². The molecule has 7 heteroatoms. The number of hydrogen-bond acceptors (Lipinski definition) is 4. The Morgan fingerprint density at radius 3 is 2.55 bits per heavy atom. The minimum atomic E-state index is -3.29. The predicted molar refractivity (Wildman–Crippen MR) is 117 cm³/mol. The van der Waals surface area contributed by atoms with Gasteiger partial charge in [0.05, 0.1) is 6.26 Å². The van der Waals surface area contributed by atoms with E-state index < -0.39 is 10.0 Å². The molecule has 6 nitrogen and oxygen atoms in total. The van der Waals surface area contributed by atoms with Crippen molar-refractivity contribution in [2.75, 3.05) is 24.1 Å². The van der Waals surface area contributed by atoms with Crippen LogP contribution in [0.1, 0.15) is 24.0 Å². The maximum Gasteiger partial charge on any atom is 0.244 e. The van der Waals surface area contributed by atoms with Gasteiger partial charge in [-0.2, -0.15) is 0 Å². The van der Waals surface area contributed by atoms with E-state index in [1.54, 1.807) is 30.3 Å². The summed E-state index contributed by atoms with van der Waals surface area (Å²) in [6.07, 6.45) is 6.41. The van der Waals surface area contributed by atoms with Gasteiger partial charge in [0.25, 0.3) is 0 Å². The average Bonchev–Trinajstić information content (AvgIpc) is 2.67. The molecule has 2 aromatic carbocycles. The normalized spacial score (nSPS) is 17.9. The number of likely N-dealkylation sites (tertiary alicyclic amines) is 1. The van der Waals surface area contributed by atoms with Gasteiger partial charge in [-0.25, -0.2) is 8.42 Å². The molecule has 1 aliphatic rings. The van der Waals surface area contributed by atoms with Crippen LogP contribution in [0.25, 0.3) is 6.08 Å². The second-order valence-corrected chi connectivity index (χ2v) is 9.15. The van der Waals surface area contributed by atoms with Crippen molar-refractivity contribution in [2.24, 2.45) is 0 Å². The number of anilines is 1. The van der Waals surface area contributed by atoms with Crippen molar-refractivity contribution < 1.29 is 13.2 Å². The summed E-state index contributed by atoms with van der Waals surface area (Å²) in [5.41, 5.74) is 2.61. The number of carbonyl (C=O) groups is 1. The van der Waals surface area contributed by atoms with Crippen molar-refractivity contribution in [2.45, 2.75) is 25.4 Å². The molecule has 1 heterocycles. The highest BCUT2D eigenvalue weighted by atomic mass is 32.2. The maximum atomic E-state index is 12.3. The molecule has 1 amide bonds. The Labute approximate surface area is 172 Å². The number of sulfonamides is 1. The third-order valence-electron chi connectivity index (χ3n) is 4.74. The largest absolute Gasteiger partial charge is 0.349 e. The van der Waals surface area contributed by atoms with Gasteiger partial charge in [0.1, 0.15) is 0 Å². The second kappa shape index (κ2) is 9.71. The zero-order valence-electron chi connectivity index (χ0n) is 16.5. The number of nitrogens with one attached hydrogen (secondary N) is 2. The van der Waals surface area contributed by atoms with E-state index in [4.69, 9.17) is 0 Å². The van der Waals surface area contributed by atoms with Crippen LogP contribution in [0, 0.1) is 0 Å². The van der Waals surface area contributed by atoms with Crippen molar-refractivity contribution >= 4 is 27.7 Å².